The molecule has 0 bridgehead atoms. The SMILES string of the molecule is CC(=O)CCCCCC1=CC(=O)C=CC1=O. The summed E-state index contributed by atoms with van der Waals surface area (Å²) in [5, 5.41) is 0. The number of carbonyl (C=O) groups excluding carboxylic acids is 3. The van der Waals surface area contributed by atoms with E-state index in [1.54, 1.807) is 6.92 Å². The first-order chi connectivity index (χ1) is 7.59. The Balaban J connectivity index is 2.25. The van der Waals surface area contributed by atoms with E-state index in [4.69, 9.17) is 0 Å². The van der Waals surface area contributed by atoms with Crippen molar-refractivity contribution in [1.82, 2.24) is 0 Å². The number of rotatable bonds is 6. The first-order valence-electron chi connectivity index (χ1n) is 5.56. The van der Waals surface area contributed by atoms with Gasteiger partial charge in [-0.25, -0.2) is 0 Å². The monoisotopic (exact) mass is 220 g/mol. The molecule has 0 saturated carbocycles. The van der Waals surface area contributed by atoms with Crippen LogP contribution in [0.4, 0.5) is 0 Å². The number of carbonyl (C=O) groups is 3. The van der Waals surface area contributed by atoms with E-state index in [2.05, 4.69) is 0 Å². The van der Waals surface area contributed by atoms with Gasteiger partial charge in [-0.05, 0) is 44.4 Å². The Labute approximate surface area is 95.2 Å². The summed E-state index contributed by atoms with van der Waals surface area (Å²) in [5.41, 5.74) is 0.593. The van der Waals surface area contributed by atoms with Crippen LogP contribution < -0.4 is 0 Å². The summed E-state index contributed by atoms with van der Waals surface area (Å²) < 4.78 is 0. The molecule has 3 heteroatoms. The molecule has 0 aliphatic heterocycles. The number of Topliss-reactive ketones (excluding diaryl/α,β-unsaturated/α-hetero) is 1. The van der Waals surface area contributed by atoms with E-state index >= 15 is 0 Å². The van der Waals surface area contributed by atoms with Crippen molar-refractivity contribution in [2.24, 2.45) is 0 Å². The predicted molar refractivity (Wildman–Crippen MR) is 61.0 cm³/mol. The van der Waals surface area contributed by atoms with Gasteiger partial charge in [0.2, 0.25) is 0 Å². The maximum atomic E-state index is 11.4. The maximum Gasteiger partial charge on any atom is 0.182 e. The van der Waals surface area contributed by atoms with Gasteiger partial charge < -0.3 is 4.79 Å². The highest BCUT2D eigenvalue weighted by atomic mass is 16.1. The summed E-state index contributed by atoms with van der Waals surface area (Å²) >= 11 is 0. The highest BCUT2D eigenvalue weighted by Gasteiger charge is 2.12. The molecule has 0 spiro atoms. The third-order valence-electron chi connectivity index (χ3n) is 2.51. The van der Waals surface area contributed by atoms with Crippen molar-refractivity contribution in [2.75, 3.05) is 0 Å². The molecule has 0 fully saturated rings. The second kappa shape index (κ2) is 6.16. The van der Waals surface area contributed by atoms with Crippen molar-refractivity contribution in [3.8, 4) is 0 Å². The fourth-order valence-electron chi connectivity index (χ4n) is 1.62. The minimum atomic E-state index is -0.113. The Morgan fingerprint density at radius 3 is 2.56 bits per heavy atom. The van der Waals surface area contributed by atoms with Crippen molar-refractivity contribution >= 4 is 17.3 Å². The Bertz CT molecular complexity index is 361. The van der Waals surface area contributed by atoms with Crippen LogP contribution in [0.2, 0.25) is 0 Å². The Hall–Kier alpha value is -1.51. The third-order valence-corrected chi connectivity index (χ3v) is 2.51. The van der Waals surface area contributed by atoms with E-state index in [0.717, 1.165) is 19.3 Å². The van der Waals surface area contributed by atoms with Crippen LogP contribution in [0.5, 0.6) is 0 Å². The molecule has 0 saturated heterocycles. The summed E-state index contributed by atoms with van der Waals surface area (Å²) in [4.78, 5) is 33.1. The number of allylic oxidation sites excluding steroid dienone is 4. The van der Waals surface area contributed by atoms with Gasteiger partial charge in [0.1, 0.15) is 5.78 Å². The molecule has 0 aromatic rings. The number of hydrogen-bond donors (Lipinski definition) is 0. The average molecular weight is 220 g/mol. The fraction of sp³-hybridized carbons (Fsp3) is 0.462. The smallest absolute Gasteiger partial charge is 0.182 e. The zero-order chi connectivity index (χ0) is 12.0. The van der Waals surface area contributed by atoms with Crippen LogP contribution in [-0.2, 0) is 14.4 Å². The molecule has 0 unspecified atom stereocenters. The first kappa shape index (κ1) is 12.6. The molecule has 0 radical (unpaired) electrons. The summed E-state index contributed by atoms with van der Waals surface area (Å²) in [5.74, 6) is 0.0237. The molecule has 3 nitrogen and oxygen atoms in total. The zero-order valence-electron chi connectivity index (χ0n) is 9.49. The quantitative estimate of drug-likeness (QED) is 0.509. The van der Waals surface area contributed by atoms with Crippen molar-refractivity contribution in [2.45, 2.75) is 39.0 Å². The van der Waals surface area contributed by atoms with E-state index in [0.29, 0.717) is 18.4 Å². The number of hydrogen-bond acceptors (Lipinski definition) is 3. The summed E-state index contributed by atoms with van der Waals surface area (Å²) in [6.45, 7) is 1.58. The van der Waals surface area contributed by atoms with Gasteiger partial charge in [-0.1, -0.05) is 6.42 Å². The molecule has 1 aliphatic carbocycles. The fourth-order valence-corrected chi connectivity index (χ4v) is 1.62. The minimum absolute atomic E-state index is 0.0637. The van der Waals surface area contributed by atoms with Gasteiger partial charge >= 0.3 is 0 Å². The average Bonchev–Trinajstić information content (AvgIpc) is 2.22. The van der Waals surface area contributed by atoms with Gasteiger partial charge in [-0.3, -0.25) is 9.59 Å². The molecule has 16 heavy (non-hydrogen) atoms. The zero-order valence-corrected chi connectivity index (χ0v) is 9.49. The standard InChI is InChI=1S/C13H16O3/c1-10(14)5-3-2-4-6-11-9-12(15)7-8-13(11)16/h7-9H,2-6H2,1H3. The lowest BCUT2D eigenvalue weighted by Gasteiger charge is -2.06. The highest BCUT2D eigenvalue weighted by molar-refractivity contribution is 6.17. The van der Waals surface area contributed by atoms with Crippen molar-refractivity contribution < 1.29 is 14.4 Å². The van der Waals surface area contributed by atoms with Crippen LogP contribution in [0.1, 0.15) is 39.0 Å². The van der Waals surface area contributed by atoms with Crippen LogP contribution in [0.25, 0.3) is 0 Å². The van der Waals surface area contributed by atoms with Crippen LogP contribution in [0.3, 0.4) is 0 Å². The number of ketones is 3. The molecule has 0 aromatic heterocycles. The van der Waals surface area contributed by atoms with E-state index in [1.165, 1.54) is 18.2 Å². The normalized spacial score (nSPS) is 15.2. The van der Waals surface area contributed by atoms with Gasteiger partial charge in [-0.2, -0.15) is 0 Å². The molecule has 0 aromatic carbocycles. The van der Waals surface area contributed by atoms with Gasteiger partial charge in [0.25, 0.3) is 0 Å². The van der Waals surface area contributed by atoms with E-state index < -0.39 is 0 Å². The van der Waals surface area contributed by atoms with Crippen LogP contribution in [0, 0.1) is 0 Å². The van der Waals surface area contributed by atoms with Crippen LogP contribution >= 0.6 is 0 Å². The van der Waals surface area contributed by atoms with Gasteiger partial charge in [0, 0.05) is 12.0 Å². The molecule has 0 N–H and O–H groups in total. The summed E-state index contributed by atoms with van der Waals surface area (Å²) in [7, 11) is 0. The molecule has 1 aliphatic rings. The summed E-state index contributed by atoms with van der Waals surface area (Å²) in [6.07, 6.45) is 7.90. The Morgan fingerprint density at radius 2 is 1.88 bits per heavy atom. The van der Waals surface area contributed by atoms with E-state index in [-0.39, 0.29) is 17.3 Å². The second-order valence-electron chi connectivity index (χ2n) is 4.03. The first-order valence-corrected chi connectivity index (χ1v) is 5.56. The molecule has 86 valence electrons. The Kier molecular flexibility index (Phi) is 4.83. The van der Waals surface area contributed by atoms with Crippen molar-refractivity contribution in [3.63, 3.8) is 0 Å². The highest BCUT2D eigenvalue weighted by Crippen LogP contribution is 2.14. The number of unbranched alkanes of at least 4 members (excludes halogenated alkanes) is 2. The molecule has 0 heterocycles. The molecule has 0 amide bonds. The van der Waals surface area contributed by atoms with Crippen LogP contribution in [0.15, 0.2) is 23.8 Å². The summed E-state index contributed by atoms with van der Waals surface area (Å²) in [6, 6.07) is 0. The van der Waals surface area contributed by atoms with Crippen molar-refractivity contribution in [1.29, 1.82) is 0 Å². The molecular formula is C13H16O3. The largest absolute Gasteiger partial charge is 0.300 e. The van der Waals surface area contributed by atoms with Crippen molar-refractivity contribution in [3.05, 3.63) is 23.8 Å². The molecule has 1 rings (SSSR count). The Morgan fingerprint density at radius 1 is 1.12 bits per heavy atom. The van der Waals surface area contributed by atoms with E-state index in [9.17, 15) is 14.4 Å². The van der Waals surface area contributed by atoms with Gasteiger partial charge in [-0.15, -0.1) is 0 Å². The second-order valence-corrected chi connectivity index (χ2v) is 4.03. The lowest BCUT2D eigenvalue weighted by Crippen LogP contribution is -2.07. The van der Waals surface area contributed by atoms with E-state index in [1.807, 2.05) is 0 Å². The van der Waals surface area contributed by atoms with Crippen LogP contribution in [-0.4, -0.2) is 17.3 Å². The third kappa shape index (κ3) is 4.34. The molecule has 0 atom stereocenters. The van der Waals surface area contributed by atoms with Gasteiger partial charge in [0.05, 0.1) is 0 Å². The molecular weight excluding hydrogens is 204 g/mol. The lowest BCUT2D eigenvalue weighted by molar-refractivity contribution is -0.117. The maximum absolute atomic E-state index is 11.4. The lowest BCUT2D eigenvalue weighted by atomic mass is 9.97. The van der Waals surface area contributed by atoms with Gasteiger partial charge in [0.15, 0.2) is 11.6 Å². The topological polar surface area (TPSA) is 51.2 Å². The predicted octanol–water partition coefficient (Wildman–Crippen LogP) is 2.16. The minimum Gasteiger partial charge on any atom is -0.300 e.